The first-order valence-electron chi connectivity index (χ1n) is 6.94. The third-order valence-electron chi connectivity index (χ3n) is 3.57. The van der Waals surface area contributed by atoms with Crippen molar-refractivity contribution in [1.82, 2.24) is 10.2 Å². The highest BCUT2D eigenvalue weighted by Crippen LogP contribution is 2.17. The summed E-state index contributed by atoms with van der Waals surface area (Å²) < 4.78 is 0. The van der Waals surface area contributed by atoms with Crippen LogP contribution in [0.15, 0.2) is 30.3 Å². The van der Waals surface area contributed by atoms with Gasteiger partial charge < -0.3 is 16.0 Å². The third-order valence-corrected chi connectivity index (χ3v) is 3.57. The maximum atomic E-state index is 12.4. The van der Waals surface area contributed by atoms with Crippen molar-refractivity contribution in [2.75, 3.05) is 13.1 Å². The van der Waals surface area contributed by atoms with Crippen molar-refractivity contribution in [2.24, 2.45) is 5.73 Å². The molecule has 3 N–H and O–H groups in total. The Hall–Kier alpha value is -1.88. The van der Waals surface area contributed by atoms with Gasteiger partial charge in [-0.05, 0) is 18.4 Å². The maximum absolute atomic E-state index is 12.4. The van der Waals surface area contributed by atoms with Crippen molar-refractivity contribution in [3.63, 3.8) is 0 Å². The molecule has 0 radical (unpaired) electrons. The molecule has 2 atom stereocenters. The zero-order valence-electron chi connectivity index (χ0n) is 11.7. The number of carbonyl (C=O) groups is 2. The summed E-state index contributed by atoms with van der Waals surface area (Å²) in [6.07, 6.45) is 1.79. The Labute approximate surface area is 119 Å². The molecule has 0 aromatic heterocycles. The highest BCUT2D eigenvalue weighted by atomic mass is 16.2. The first-order chi connectivity index (χ1) is 9.58. The van der Waals surface area contributed by atoms with Crippen molar-refractivity contribution in [3.8, 4) is 0 Å². The summed E-state index contributed by atoms with van der Waals surface area (Å²) in [4.78, 5) is 25.3. The third kappa shape index (κ3) is 3.57. The molecule has 5 nitrogen and oxygen atoms in total. The van der Waals surface area contributed by atoms with E-state index in [1.807, 2.05) is 30.3 Å². The van der Waals surface area contributed by atoms with Gasteiger partial charge in [-0.1, -0.05) is 30.3 Å². The molecule has 1 fully saturated rings. The second-order valence-electron chi connectivity index (χ2n) is 5.21. The largest absolute Gasteiger partial charge is 0.352 e. The predicted molar refractivity (Wildman–Crippen MR) is 76.8 cm³/mol. The van der Waals surface area contributed by atoms with E-state index in [0.29, 0.717) is 13.1 Å². The number of nitrogens with zero attached hydrogens (tertiary/aromatic N) is 1. The van der Waals surface area contributed by atoms with Crippen LogP contribution in [0.25, 0.3) is 0 Å². The number of carbonyl (C=O) groups excluding carboxylic acids is 2. The Balaban J connectivity index is 1.99. The summed E-state index contributed by atoms with van der Waals surface area (Å²) in [7, 11) is 0. The zero-order chi connectivity index (χ0) is 14.5. The van der Waals surface area contributed by atoms with E-state index in [1.165, 1.54) is 6.92 Å². The average molecular weight is 275 g/mol. The summed E-state index contributed by atoms with van der Waals surface area (Å²) in [5.74, 6) is -0.136. The minimum absolute atomic E-state index is 0.0353. The van der Waals surface area contributed by atoms with Crippen molar-refractivity contribution in [2.45, 2.75) is 31.8 Å². The lowest BCUT2D eigenvalue weighted by atomic mass is 10.0. The van der Waals surface area contributed by atoms with Gasteiger partial charge in [0.2, 0.25) is 11.8 Å². The lowest BCUT2D eigenvalue weighted by molar-refractivity contribution is -0.134. The van der Waals surface area contributed by atoms with E-state index in [-0.39, 0.29) is 17.9 Å². The molecular weight excluding hydrogens is 254 g/mol. The first-order valence-corrected chi connectivity index (χ1v) is 6.94. The maximum Gasteiger partial charge on any atom is 0.244 e. The van der Waals surface area contributed by atoms with Crippen molar-refractivity contribution >= 4 is 11.8 Å². The quantitative estimate of drug-likeness (QED) is 0.857. The molecule has 1 aliphatic rings. The van der Waals surface area contributed by atoms with Gasteiger partial charge in [-0.15, -0.1) is 0 Å². The Bertz CT molecular complexity index is 475. The predicted octanol–water partition coefficient (Wildman–Crippen LogP) is 0.814. The van der Waals surface area contributed by atoms with Crippen molar-refractivity contribution in [3.05, 3.63) is 35.9 Å². The molecule has 1 saturated heterocycles. The van der Waals surface area contributed by atoms with Crippen molar-refractivity contribution in [1.29, 1.82) is 0 Å². The number of amides is 2. The Morgan fingerprint density at radius 2 is 2.05 bits per heavy atom. The molecule has 1 aromatic rings. The molecule has 0 bridgehead atoms. The van der Waals surface area contributed by atoms with Crippen LogP contribution >= 0.6 is 0 Å². The van der Waals surface area contributed by atoms with Gasteiger partial charge in [-0.3, -0.25) is 9.59 Å². The van der Waals surface area contributed by atoms with Gasteiger partial charge in [0.25, 0.3) is 0 Å². The molecule has 108 valence electrons. The molecule has 1 aromatic carbocycles. The SMILES string of the molecule is CC(=O)NC1CCCN(C(=O)[C@H](N)c2ccccc2)C1. The number of nitrogens with one attached hydrogen (secondary N) is 1. The van der Waals surface area contributed by atoms with Crippen LogP contribution in [-0.4, -0.2) is 35.8 Å². The zero-order valence-corrected chi connectivity index (χ0v) is 11.7. The standard InChI is InChI=1S/C15H21N3O2/c1-11(19)17-13-8-5-9-18(10-13)15(20)14(16)12-6-3-2-4-7-12/h2-4,6-7,13-14H,5,8-10,16H2,1H3,(H,17,19)/t13?,14-/m1/s1. The highest BCUT2D eigenvalue weighted by molar-refractivity contribution is 5.83. The van der Waals surface area contributed by atoms with E-state index in [1.54, 1.807) is 4.90 Å². The molecule has 20 heavy (non-hydrogen) atoms. The number of nitrogens with two attached hydrogens (primary N) is 1. The molecule has 0 aliphatic carbocycles. The fourth-order valence-electron chi connectivity index (χ4n) is 2.58. The van der Waals surface area contributed by atoms with Crippen LogP contribution in [0.4, 0.5) is 0 Å². The number of benzene rings is 1. The Morgan fingerprint density at radius 1 is 1.35 bits per heavy atom. The monoisotopic (exact) mass is 275 g/mol. The van der Waals surface area contributed by atoms with Gasteiger partial charge in [0.15, 0.2) is 0 Å². The normalized spacial score (nSPS) is 20.3. The van der Waals surface area contributed by atoms with Gasteiger partial charge in [0.05, 0.1) is 0 Å². The van der Waals surface area contributed by atoms with E-state index >= 15 is 0 Å². The molecule has 1 aliphatic heterocycles. The average Bonchev–Trinajstić information content (AvgIpc) is 2.46. The second-order valence-corrected chi connectivity index (χ2v) is 5.21. The van der Waals surface area contributed by atoms with Crippen LogP contribution in [0.2, 0.25) is 0 Å². The molecule has 2 amide bonds. The number of hydrogen-bond acceptors (Lipinski definition) is 3. The van der Waals surface area contributed by atoms with Gasteiger partial charge in [0, 0.05) is 26.1 Å². The Kier molecular flexibility index (Phi) is 4.74. The topological polar surface area (TPSA) is 75.4 Å². The fraction of sp³-hybridized carbons (Fsp3) is 0.467. The van der Waals surface area contributed by atoms with E-state index in [0.717, 1.165) is 18.4 Å². The van der Waals surface area contributed by atoms with E-state index in [4.69, 9.17) is 5.73 Å². The van der Waals surface area contributed by atoms with E-state index in [2.05, 4.69) is 5.32 Å². The van der Waals surface area contributed by atoms with Crippen LogP contribution in [-0.2, 0) is 9.59 Å². The summed E-state index contributed by atoms with van der Waals surface area (Å²) >= 11 is 0. The van der Waals surface area contributed by atoms with Crippen LogP contribution in [0, 0.1) is 0 Å². The number of likely N-dealkylation sites (tertiary alicyclic amines) is 1. The number of hydrogen-bond donors (Lipinski definition) is 2. The Morgan fingerprint density at radius 3 is 2.70 bits per heavy atom. The highest BCUT2D eigenvalue weighted by Gasteiger charge is 2.27. The number of rotatable bonds is 3. The van der Waals surface area contributed by atoms with Crippen LogP contribution < -0.4 is 11.1 Å². The second kappa shape index (κ2) is 6.52. The summed E-state index contributed by atoms with van der Waals surface area (Å²) in [5, 5.41) is 2.87. The van der Waals surface area contributed by atoms with Gasteiger partial charge in [-0.2, -0.15) is 0 Å². The lowest BCUT2D eigenvalue weighted by Gasteiger charge is -2.34. The molecule has 1 heterocycles. The summed E-state index contributed by atoms with van der Waals surface area (Å²) in [5.41, 5.74) is 6.86. The molecule has 0 spiro atoms. The fourth-order valence-corrected chi connectivity index (χ4v) is 2.58. The van der Waals surface area contributed by atoms with Gasteiger partial charge in [-0.25, -0.2) is 0 Å². The molecule has 5 heteroatoms. The van der Waals surface area contributed by atoms with Gasteiger partial charge in [0.1, 0.15) is 6.04 Å². The lowest BCUT2D eigenvalue weighted by Crippen LogP contribution is -2.51. The molecular formula is C15H21N3O2. The van der Waals surface area contributed by atoms with E-state index in [9.17, 15) is 9.59 Å². The number of piperidine rings is 1. The van der Waals surface area contributed by atoms with Gasteiger partial charge >= 0.3 is 0 Å². The summed E-state index contributed by atoms with van der Waals surface area (Å²) in [6.45, 7) is 2.74. The first kappa shape index (κ1) is 14.5. The molecule has 1 unspecified atom stereocenters. The van der Waals surface area contributed by atoms with Crippen LogP contribution in [0.1, 0.15) is 31.4 Å². The smallest absolute Gasteiger partial charge is 0.244 e. The van der Waals surface area contributed by atoms with Crippen LogP contribution in [0.5, 0.6) is 0 Å². The summed E-state index contributed by atoms with van der Waals surface area (Å²) in [6, 6.07) is 8.77. The van der Waals surface area contributed by atoms with Crippen LogP contribution in [0.3, 0.4) is 0 Å². The minimum atomic E-state index is -0.632. The van der Waals surface area contributed by atoms with Crippen molar-refractivity contribution < 1.29 is 9.59 Å². The minimum Gasteiger partial charge on any atom is -0.352 e. The molecule has 2 rings (SSSR count). The molecule has 0 saturated carbocycles. The van der Waals surface area contributed by atoms with E-state index < -0.39 is 6.04 Å².